The van der Waals surface area contributed by atoms with Crippen molar-refractivity contribution in [2.75, 3.05) is 13.2 Å². The van der Waals surface area contributed by atoms with Crippen LogP contribution in [0.1, 0.15) is 265 Å². The van der Waals surface area contributed by atoms with Gasteiger partial charge in [-0.05, 0) is 83.5 Å². The molecule has 0 saturated heterocycles. The molecule has 69 heavy (non-hydrogen) atoms. The van der Waals surface area contributed by atoms with Gasteiger partial charge in [-0.25, -0.2) is 0 Å². The van der Waals surface area contributed by atoms with Gasteiger partial charge in [0.1, 0.15) is 13.2 Å². The van der Waals surface area contributed by atoms with Gasteiger partial charge in [0.15, 0.2) is 6.10 Å². The minimum Gasteiger partial charge on any atom is -0.462 e. The highest BCUT2D eigenvalue weighted by molar-refractivity contribution is 5.71. The molecule has 0 aliphatic carbocycles. The van der Waals surface area contributed by atoms with Gasteiger partial charge in [0.25, 0.3) is 0 Å². The molecule has 0 aromatic rings. The summed E-state index contributed by atoms with van der Waals surface area (Å²) in [6.07, 6.45) is 75.6. The monoisotopic (exact) mass is 959 g/mol. The summed E-state index contributed by atoms with van der Waals surface area (Å²) in [6.45, 7) is 6.36. The minimum absolute atomic E-state index is 0.100. The van der Waals surface area contributed by atoms with Crippen LogP contribution in [-0.2, 0) is 28.6 Å². The Morgan fingerprint density at radius 1 is 0.304 bits per heavy atom. The third kappa shape index (κ3) is 55.1. The maximum atomic E-state index is 12.8. The summed E-state index contributed by atoms with van der Waals surface area (Å²) >= 11 is 0. The lowest BCUT2D eigenvalue weighted by atomic mass is 10.0. The lowest BCUT2D eigenvalue weighted by molar-refractivity contribution is -0.166. The fraction of sp³-hybridized carbons (Fsp3) is 0.698. The van der Waals surface area contributed by atoms with Crippen molar-refractivity contribution in [2.45, 2.75) is 271 Å². The topological polar surface area (TPSA) is 78.9 Å². The SMILES string of the molecule is CC/C=C\C/C=C\C/C=C\C/C=C\CCCCCCCCCCCCC(=O)OCC(COC(=O)CC/C=C\C/C=C\C/C=C\C/C=C\CC)OC(=O)CCCCCCCCCCCCCCCCC. The van der Waals surface area contributed by atoms with E-state index in [4.69, 9.17) is 14.2 Å². The van der Waals surface area contributed by atoms with E-state index in [1.165, 1.54) is 128 Å². The molecule has 0 spiro atoms. The van der Waals surface area contributed by atoms with Gasteiger partial charge in [-0.2, -0.15) is 0 Å². The summed E-state index contributed by atoms with van der Waals surface area (Å²) < 4.78 is 16.8. The van der Waals surface area contributed by atoms with Crippen LogP contribution in [-0.4, -0.2) is 37.2 Å². The number of carbonyl (C=O) groups is 3. The average Bonchev–Trinajstić information content (AvgIpc) is 3.35. The first kappa shape index (κ1) is 65.3. The van der Waals surface area contributed by atoms with E-state index in [1.54, 1.807) is 0 Å². The van der Waals surface area contributed by atoms with Crippen LogP contribution in [0.4, 0.5) is 0 Å². The van der Waals surface area contributed by atoms with Crippen LogP contribution in [0.3, 0.4) is 0 Å². The zero-order valence-corrected chi connectivity index (χ0v) is 45.0. The van der Waals surface area contributed by atoms with Crippen molar-refractivity contribution in [1.29, 1.82) is 0 Å². The number of carbonyl (C=O) groups excluding carboxylic acids is 3. The molecule has 1 unspecified atom stereocenters. The van der Waals surface area contributed by atoms with Gasteiger partial charge in [-0.3, -0.25) is 14.4 Å². The maximum Gasteiger partial charge on any atom is 0.306 e. The highest BCUT2D eigenvalue weighted by Crippen LogP contribution is 2.16. The van der Waals surface area contributed by atoms with Crippen molar-refractivity contribution in [1.82, 2.24) is 0 Å². The second-order valence-corrected chi connectivity index (χ2v) is 18.8. The molecule has 0 bridgehead atoms. The summed E-state index contributed by atoms with van der Waals surface area (Å²) in [7, 11) is 0. The van der Waals surface area contributed by atoms with E-state index in [1.807, 2.05) is 6.08 Å². The average molecular weight is 960 g/mol. The second-order valence-electron chi connectivity index (χ2n) is 18.8. The molecule has 0 saturated carbocycles. The largest absolute Gasteiger partial charge is 0.462 e. The Morgan fingerprint density at radius 2 is 0.594 bits per heavy atom. The molecule has 394 valence electrons. The molecule has 0 amide bonds. The number of allylic oxidation sites excluding steroid dienone is 16. The summed E-state index contributed by atoms with van der Waals surface area (Å²) in [4.78, 5) is 38.1. The molecular formula is C63H106O6. The number of hydrogen-bond acceptors (Lipinski definition) is 6. The highest BCUT2D eigenvalue weighted by atomic mass is 16.6. The van der Waals surface area contributed by atoms with Crippen LogP contribution in [0.5, 0.6) is 0 Å². The van der Waals surface area contributed by atoms with Crippen LogP contribution in [0, 0.1) is 0 Å². The van der Waals surface area contributed by atoms with Crippen molar-refractivity contribution in [2.24, 2.45) is 0 Å². The summed E-state index contributed by atoms with van der Waals surface area (Å²) in [6, 6.07) is 0. The molecule has 0 fully saturated rings. The Labute approximate surface area is 426 Å². The summed E-state index contributed by atoms with van der Waals surface area (Å²) in [5, 5.41) is 0. The predicted octanol–water partition coefficient (Wildman–Crippen LogP) is 19.3. The summed E-state index contributed by atoms with van der Waals surface area (Å²) in [5.41, 5.74) is 0. The van der Waals surface area contributed by atoms with Crippen molar-refractivity contribution < 1.29 is 28.6 Å². The Hall–Kier alpha value is -3.67. The number of rotatable bonds is 51. The first-order chi connectivity index (χ1) is 34.0. The molecule has 6 heteroatoms. The molecule has 0 aromatic carbocycles. The molecule has 0 heterocycles. The van der Waals surface area contributed by atoms with Crippen LogP contribution in [0.15, 0.2) is 97.2 Å². The van der Waals surface area contributed by atoms with Gasteiger partial charge in [0, 0.05) is 19.3 Å². The van der Waals surface area contributed by atoms with E-state index in [0.717, 1.165) is 89.9 Å². The Bertz CT molecular complexity index is 1380. The molecule has 0 radical (unpaired) electrons. The first-order valence-electron chi connectivity index (χ1n) is 28.7. The van der Waals surface area contributed by atoms with Crippen LogP contribution < -0.4 is 0 Å². The Balaban J connectivity index is 4.37. The van der Waals surface area contributed by atoms with Crippen LogP contribution >= 0.6 is 0 Å². The van der Waals surface area contributed by atoms with E-state index in [-0.39, 0.29) is 37.5 Å². The zero-order valence-electron chi connectivity index (χ0n) is 45.0. The third-order valence-corrected chi connectivity index (χ3v) is 12.1. The smallest absolute Gasteiger partial charge is 0.306 e. The number of ether oxygens (including phenoxy) is 3. The van der Waals surface area contributed by atoms with Gasteiger partial charge >= 0.3 is 17.9 Å². The highest BCUT2D eigenvalue weighted by Gasteiger charge is 2.19. The fourth-order valence-corrected chi connectivity index (χ4v) is 7.86. The second kappa shape index (κ2) is 56.9. The van der Waals surface area contributed by atoms with Crippen molar-refractivity contribution in [3.63, 3.8) is 0 Å². The quantitative estimate of drug-likeness (QED) is 0.0262. The Morgan fingerprint density at radius 3 is 0.971 bits per heavy atom. The van der Waals surface area contributed by atoms with Gasteiger partial charge in [0.2, 0.25) is 0 Å². The van der Waals surface area contributed by atoms with Crippen LogP contribution in [0.2, 0.25) is 0 Å². The van der Waals surface area contributed by atoms with Gasteiger partial charge in [-0.1, -0.05) is 259 Å². The van der Waals surface area contributed by atoms with Crippen molar-refractivity contribution in [3.8, 4) is 0 Å². The van der Waals surface area contributed by atoms with Crippen molar-refractivity contribution >= 4 is 17.9 Å². The van der Waals surface area contributed by atoms with Crippen molar-refractivity contribution in [3.05, 3.63) is 97.2 Å². The van der Waals surface area contributed by atoms with E-state index < -0.39 is 6.10 Å². The lowest BCUT2D eigenvalue weighted by Crippen LogP contribution is -2.30. The normalized spacial score (nSPS) is 12.8. The van der Waals surface area contributed by atoms with E-state index in [9.17, 15) is 14.4 Å². The summed E-state index contributed by atoms with van der Waals surface area (Å²) in [5.74, 6) is -0.984. The van der Waals surface area contributed by atoms with E-state index in [0.29, 0.717) is 19.3 Å². The maximum absolute atomic E-state index is 12.8. The zero-order chi connectivity index (χ0) is 50.0. The molecule has 6 nitrogen and oxygen atoms in total. The van der Waals surface area contributed by atoms with Gasteiger partial charge < -0.3 is 14.2 Å². The number of unbranched alkanes of at least 4 members (excludes halogenated alkanes) is 24. The molecular weight excluding hydrogens is 853 g/mol. The van der Waals surface area contributed by atoms with Gasteiger partial charge in [0.05, 0.1) is 0 Å². The minimum atomic E-state index is -0.807. The van der Waals surface area contributed by atoms with E-state index >= 15 is 0 Å². The van der Waals surface area contributed by atoms with Gasteiger partial charge in [-0.15, -0.1) is 0 Å². The lowest BCUT2D eigenvalue weighted by Gasteiger charge is -2.18. The molecule has 0 rings (SSSR count). The fourth-order valence-electron chi connectivity index (χ4n) is 7.86. The molecule has 0 aliphatic heterocycles. The molecule has 0 aromatic heterocycles. The van der Waals surface area contributed by atoms with Crippen LogP contribution in [0.25, 0.3) is 0 Å². The third-order valence-electron chi connectivity index (χ3n) is 12.1. The molecule has 0 aliphatic rings. The number of hydrogen-bond donors (Lipinski definition) is 0. The first-order valence-corrected chi connectivity index (χ1v) is 28.7. The standard InChI is InChI=1S/C63H106O6/c1-4-7-10-13-16-19-22-25-27-28-29-30-31-32-33-34-36-38-41-44-47-50-53-56-62(65)68-59-60(58-67-61(64)55-52-49-46-43-40-37-24-21-18-15-12-9-6-3)69-63(66)57-54-51-48-45-42-39-35-26-23-20-17-14-11-8-5-2/h7,9-10,12,16,18-19,21,25,27,29-30,37,40,46,49,60H,4-6,8,11,13-15,17,20,22-24,26,28,31-36,38-39,41-45,47-48,50-59H2,1-3H3/b10-7-,12-9-,19-16-,21-18-,27-25-,30-29-,40-37-,49-46-. The molecule has 1 atom stereocenters. The number of esters is 3. The molecule has 0 N–H and O–H groups in total. The predicted molar refractivity (Wildman–Crippen MR) is 297 cm³/mol. The Kier molecular flexibility index (Phi) is 53.9. The van der Waals surface area contributed by atoms with E-state index in [2.05, 4.69) is 112 Å².